The lowest BCUT2D eigenvalue weighted by molar-refractivity contribution is 0.224. The first-order valence-electron chi connectivity index (χ1n) is 6.25. The van der Waals surface area contributed by atoms with Crippen molar-refractivity contribution in [3.8, 4) is 11.5 Å². The molecule has 1 aromatic carbocycles. The van der Waals surface area contributed by atoms with E-state index in [0.717, 1.165) is 18.0 Å². The number of benzene rings is 1. The molecule has 0 saturated heterocycles. The van der Waals surface area contributed by atoms with Crippen LogP contribution in [0.15, 0.2) is 18.2 Å². The van der Waals surface area contributed by atoms with Crippen LogP contribution in [-0.2, 0) is 10.1 Å². The first-order chi connectivity index (χ1) is 8.50. The molecule has 1 aromatic rings. The Labute approximate surface area is 109 Å². The van der Waals surface area contributed by atoms with E-state index in [9.17, 15) is 0 Å². The van der Waals surface area contributed by atoms with Gasteiger partial charge in [0.25, 0.3) is 0 Å². The summed E-state index contributed by atoms with van der Waals surface area (Å²) in [6.07, 6.45) is 0. The normalized spacial score (nSPS) is 14.1. The van der Waals surface area contributed by atoms with Gasteiger partial charge in [0.1, 0.15) is 11.5 Å². The van der Waals surface area contributed by atoms with Crippen molar-refractivity contribution in [1.29, 1.82) is 0 Å². The molecule has 1 aliphatic rings. The number of hydrogen-bond acceptors (Lipinski definition) is 4. The van der Waals surface area contributed by atoms with Gasteiger partial charge in [-0.15, -0.1) is 0 Å². The van der Waals surface area contributed by atoms with Crippen LogP contribution in [0, 0.1) is 0 Å². The summed E-state index contributed by atoms with van der Waals surface area (Å²) < 4.78 is 16.6. The Kier molecular flexibility index (Phi) is 3.83. The molecular weight excluding hydrogens is 229 g/mol. The van der Waals surface area contributed by atoms with Crippen LogP contribution in [0.2, 0.25) is 0 Å². The number of hydrogen-bond donors (Lipinski definition) is 1. The summed E-state index contributed by atoms with van der Waals surface area (Å²) >= 11 is 0. The average molecular weight is 249 g/mol. The van der Waals surface area contributed by atoms with Gasteiger partial charge in [-0.1, -0.05) is 26.8 Å². The van der Waals surface area contributed by atoms with E-state index in [0.29, 0.717) is 6.61 Å². The van der Waals surface area contributed by atoms with Gasteiger partial charge in [0.15, 0.2) is 0 Å². The molecule has 1 aliphatic heterocycles. The molecule has 0 spiro atoms. The highest BCUT2D eigenvalue weighted by atomic mass is 16.8. The zero-order valence-electron chi connectivity index (χ0n) is 11.4. The fourth-order valence-electron chi connectivity index (χ4n) is 1.72. The molecule has 0 amide bonds. The monoisotopic (exact) mass is 249 g/mol. The van der Waals surface area contributed by atoms with Crippen molar-refractivity contribution in [3.63, 3.8) is 0 Å². The predicted molar refractivity (Wildman–Crippen MR) is 72.0 cm³/mol. The van der Waals surface area contributed by atoms with Crippen LogP contribution in [-0.4, -0.2) is 27.5 Å². The van der Waals surface area contributed by atoms with E-state index in [1.54, 1.807) is 0 Å². The standard InChI is InChI=1S/C13H20BNO3/c1-13(2,3)10-5-6-11-12(9-10)18-14(17-11)16-8-7-15-4/h5-6,9,15H,7-8H2,1-4H3. The van der Waals surface area contributed by atoms with Gasteiger partial charge in [0.05, 0.1) is 0 Å². The smallest absolute Gasteiger partial charge is 0.498 e. The third-order valence-electron chi connectivity index (χ3n) is 2.86. The Balaban J connectivity index is 2.02. The van der Waals surface area contributed by atoms with E-state index < -0.39 is 7.32 Å². The Bertz CT molecular complexity index is 417. The molecule has 1 heterocycles. The van der Waals surface area contributed by atoms with Gasteiger partial charge in [-0.3, -0.25) is 0 Å². The zero-order valence-corrected chi connectivity index (χ0v) is 11.4. The summed E-state index contributed by atoms with van der Waals surface area (Å²) in [5.41, 5.74) is 1.32. The Morgan fingerprint density at radius 2 is 1.94 bits per heavy atom. The molecule has 0 radical (unpaired) electrons. The van der Waals surface area contributed by atoms with Gasteiger partial charge in [-0.05, 0) is 30.2 Å². The first-order valence-corrected chi connectivity index (χ1v) is 6.25. The lowest BCUT2D eigenvalue weighted by Crippen LogP contribution is -2.31. The fraction of sp³-hybridized carbons (Fsp3) is 0.538. The maximum Gasteiger partial charge on any atom is 0.788 e. The second-order valence-electron chi connectivity index (χ2n) is 5.41. The minimum absolute atomic E-state index is 0.101. The van der Waals surface area contributed by atoms with E-state index in [2.05, 4.69) is 32.2 Å². The van der Waals surface area contributed by atoms with Crippen LogP contribution in [0.1, 0.15) is 26.3 Å². The molecule has 0 aromatic heterocycles. The molecule has 0 atom stereocenters. The number of nitrogens with one attached hydrogen (secondary N) is 1. The molecule has 2 rings (SSSR count). The predicted octanol–water partition coefficient (Wildman–Crippen LogP) is 1.98. The summed E-state index contributed by atoms with van der Waals surface area (Å²) in [5.74, 6) is 1.51. The summed E-state index contributed by atoms with van der Waals surface area (Å²) in [6.45, 7) is 7.84. The largest absolute Gasteiger partial charge is 0.788 e. The molecule has 0 aliphatic carbocycles. The summed E-state index contributed by atoms with van der Waals surface area (Å²) in [7, 11) is 1.26. The highest BCUT2D eigenvalue weighted by molar-refractivity contribution is 6.40. The van der Waals surface area contributed by atoms with Gasteiger partial charge in [-0.25, -0.2) is 0 Å². The van der Waals surface area contributed by atoms with Crippen LogP contribution in [0.4, 0.5) is 0 Å². The summed E-state index contributed by atoms with van der Waals surface area (Å²) in [5, 5.41) is 3.01. The van der Waals surface area contributed by atoms with Crippen molar-refractivity contribution in [2.24, 2.45) is 0 Å². The van der Waals surface area contributed by atoms with Crippen LogP contribution in [0.25, 0.3) is 0 Å². The van der Waals surface area contributed by atoms with Crippen molar-refractivity contribution in [2.75, 3.05) is 20.2 Å². The van der Waals surface area contributed by atoms with Crippen molar-refractivity contribution < 1.29 is 14.0 Å². The van der Waals surface area contributed by atoms with E-state index in [1.165, 1.54) is 5.56 Å². The number of likely N-dealkylation sites (N-methyl/N-ethyl adjacent to an activating group) is 1. The topological polar surface area (TPSA) is 39.7 Å². The molecule has 4 nitrogen and oxygen atoms in total. The lowest BCUT2D eigenvalue weighted by atomic mass is 9.87. The highest BCUT2D eigenvalue weighted by Gasteiger charge is 2.35. The van der Waals surface area contributed by atoms with Gasteiger partial charge < -0.3 is 19.3 Å². The molecule has 18 heavy (non-hydrogen) atoms. The molecule has 0 bridgehead atoms. The van der Waals surface area contributed by atoms with E-state index in [-0.39, 0.29) is 5.41 Å². The maximum atomic E-state index is 5.62. The SMILES string of the molecule is CNCCOB1Oc2ccc(C(C)(C)C)cc2O1. The van der Waals surface area contributed by atoms with Gasteiger partial charge in [0.2, 0.25) is 0 Å². The van der Waals surface area contributed by atoms with Crippen molar-refractivity contribution >= 4 is 7.32 Å². The molecule has 0 fully saturated rings. The van der Waals surface area contributed by atoms with Crippen molar-refractivity contribution in [1.82, 2.24) is 5.32 Å². The molecule has 0 unspecified atom stereocenters. The average Bonchev–Trinajstić information content (AvgIpc) is 2.69. The number of fused-ring (bicyclic) bond motifs is 1. The van der Waals surface area contributed by atoms with E-state index in [4.69, 9.17) is 14.0 Å². The van der Waals surface area contributed by atoms with Gasteiger partial charge in [0, 0.05) is 13.2 Å². The van der Waals surface area contributed by atoms with Crippen LogP contribution >= 0.6 is 0 Å². The molecular formula is C13H20BNO3. The summed E-state index contributed by atoms with van der Waals surface area (Å²) in [6, 6.07) is 6.03. The van der Waals surface area contributed by atoms with Crippen molar-refractivity contribution in [2.45, 2.75) is 26.2 Å². The minimum Gasteiger partial charge on any atom is -0.498 e. The second kappa shape index (κ2) is 5.20. The van der Waals surface area contributed by atoms with Gasteiger partial charge in [-0.2, -0.15) is 0 Å². The van der Waals surface area contributed by atoms with Crippen LogP contribution < -0.4 is 14.6 Å². The van der Waals surface area contributed by atoms with E-state index >= 15 is 0 Å². The zero-order chi connectivity index (χ0) is 13.2. The fourth-order valence-corrected chi connectivity index (χ4v) is 1.72. The van der Waals surface area contributed by atoms with Crippen LogP contribution in [0.3, 0.4) is 0 Å². The van der Waals surface area contributed by atoms with Crippen molar-refractivity contribution in [3.05, 3.63) is 23.8 Å². The maximum absolute atomic E-state index is 5.62. The highest BCUT2D eigenvalue weighted by Crippen LogP contribution is 2.37. The Morgan fingerprint density at radius 1 is 1.22 bits per heavy atom. The third kappa shape index (κ3) is 2.97. The molecule has 5 heteroatoms. The minimum atomic E-state index is -0.622. The third-order valence-corrected chi connectivity index (χ3v) is 2.86. The second-order valence-corrected chi connectivity index (χ2v) is 5.41. The van der Waals surface area contributed by atoms with E-state index in [1.807, 2.05) is 19.2 Å². The molecule has 98 valence electrons. The molecule has 0 saturated carbocycles. The number of rotatable bonds is 4. The Hall–Kier alpha value is -1.20. The van der Waals surface area contributed by atoms with Crippen LogP contribution in [0.5, 0.6) is 11.5 Å². The Morgan fingerprint density at radius 3 is 2.61 bits per heavy atom. The van der Waals surface area contributed by atoms with Gasteiger partial charge >= 0.3 is 7.32 Å². The quantitative estimate of drug-likeness (QED) is 0.654. The lowest BCUT2D eigenvalue weighted by Gasteiger charge is -2.19. The summed E-state index contributed by atoms with van der Waals surface area (Å²) in [4.78, 5) is 0. The first kappa shape index (κ1) is 13.2. The molecule has 1 N–H and O–H groups in total.